The number of hydrogen-bond acceptors (Lipinski definition) is 6. The Morgan fingerprint density at radius 1 is 1.52 bits per heavy atom. The number of pyridine rings is 1. The van der Waals surface area contributed by atoms with E-state index in [0.29, 0.717) is 24.6 Å². The lowest BCUT2D eigenvalue weighted by molar-refractivity contribution is -0.122. The minimum absolute atomic E-state index is 0.0265. The minimum atomic E-state index is -0.0332. The van der Waals surface area contributed by atoms with Crippen LogP contribution in [0.4, 0.5) is 0 Å². The highest BCUT2D eigenvalue weighted by atomic mass is 16.5. The fraction of sp³-hybridized carbons (Fsp3) is 0.500. The lowest BCUT2D eigenvalue weighted by Crippen LogP contribution is -2.40. The Labute approximate surface area is 134 Å². The van der Waals surface area contributed by atoms with Crippen LogP contribution in [-0.4, -0.2) is 39.8 Å². The van der Waals surface area contributed by atoms with Gasteiger partial charge in [-0.05, 0) is 31.9 Å². The molecule has 1 saturated heterocycles. The largest absolute Gasteiger partial charge is 0.376 e. The Morgan fingerprint density at radius 3 is 3.17 bits per heavy atom. The number of hydrogen-bond donors (Lipinski definition) is 1. The van der Waals surface area contributed by atoms with Gasteiger partial charge in [-0.2, -0.15) is 4.98 Å². The van der Waals surface area contributed by atoms with Gasteiger partial charge in [-0.3, -0.25) is 9.78 Å². The highest BCUT2D eigenvalue weighted by molar-refractivity contribution is 5.76. The number of aryl methyl sites for hydroxylation is 1. The highest BCUT2D eigenvalue weighted by Gasteiger charge is 2.23. The molecule has 23 heavy (non-hydrogen) atoms. The molecule has 2 unspecified atom stereocenters. The van der Waals surface area contributed by atoms with Crippen molar-refractivity contribution in [3.8, 4) is 11.4 Å². The molecule has 1 N–H and O–H groups in total. The maximum Gasteiger partial charge on any atom is 0.227 e. The number of nitrogens with one attached hydrogen (secondary N) is 1. The van der Waals surface area contributed by atoms with Crippen LogP contribution in [0.1, 0.15) is 32.1 Å². The van der Waals surface area contributed by atoms with Gasteiger partial charge in [0.1, 0.15) is 0 Å². The van der Waals surface area contributed by atoms with Crippen molar-refractivity contribution in [3.63, 3.8) is 0 Å². The average molecular weight is 316 g/mol. The summed E-state index contributed by atoms with van der Waals surface area (Å²) in [6.45, 7) is 2.76. The summed E-state index contributed by atoms with van der Waals surface area (Å²) < 4.78 is 10.7. The van der Waals surface area contributed by atoms with Gasteiger partial charge in [0.15, 0.2) is 0 Å². The number of aromatic nitrogens is 3. The number of ether oxygens (including phenoxy) is 1. The van der Waals surface area contributed by atoms with Crippen molar-refractivity contribution < 1.29 is 14.1 Å². The Kier molecular flexibility index (Phi) is 4.97. The van der Waals surface area contributed by atoms with E-state index in [-0.39, 0.29) is 18.1 Å². The SMILES string of the molecule is CC(NC(=O)CCc1nc(-c2cccnc2)no1)C1CCCO1. The minimum Gasteiger partial charge on any atom is -0.376 e. The second-order valence-corrected chi connectivity index (χ2v) is 5.66. The topological polar surface area (TPSA) is 90.1 Å². The van der Waals surface area contributed by atoms with Crippen LogP contribution in [0, 0.1) is 0 Å². The van der Waals surface area contributed by atoms with E-state index in [0.717, 1.165) is 25.0 Å². The van der Waals surface area contributed by atoms with Crippen molar-refractivity contribution in [1.82, 2.24) is 20.4 Å². The van der Waals surface area contributed by atoms with E-state index in [4.69, 9.17) is 9.26 Å². The first kappa shape index (κ1) is 15.6. The van der Waals surface area contributed by atoms with Crippen molar-refractivity contribution in [3.05, 3.63) is 30.4 Å². The van der Waals surface area contributed by atoms with Crippen LogP contribution in [0.2, 0.25) is 0 Å². The zero-order valence-electron chi connectivity index (χ0n) is 13.1. The highest BCUT2D eigenvalue weighted by Crippen LogP contribution is 2.16. The van der Waals surface area contributed by atoms with Gasteiger partial charge in [-0.25, -0.2) is 0 Å². The molecule has 0 radical (unpaired) electrons. The summed E-state index contributed by atoms with van der Waals surface area (Å²) in [7, 11) is 0. The third-order valence-electron chi connectivity index (χ3n) is 3.86. The lowest BCUT2D eigenvalue weighted by Gasteiger charge is -2.19. The molecule has 7 nitrogen and oxygen atoms in total. The molecule has 1 aliphatic rings. The molecule has 3 rings (SSSR count). The summed E-state index contributed by atoms with van der Waals surface area (Å²) in [6, 6.07) is 3.70. The first-order valence-corrected chi connectivity index (χ1v) is 7.86. The van der Waals surface area contributed by atoms with Crippen molar-refractivity contribution in [2.45, 2.75) is 44.8 Å². The summed E-state index contributed by atoms with van der Waals surface area (Å²) in [5, 5.41) is 6.88. The molecule has 7 heteroatoms. The van der Waals surface area contributed by atoms with Crippen LogP contribution < -0.4 is 5.32 Å². The van der Waals surface area contributed by atoms with E-state index in [1.54, 1.807) is 12.4 Å². The standard InChI is InChI=1S/C16H20N4O3/c1-11(13-5-3-9-22-13)18-14(21)6-7-15-19-16(20-23-15)12-4-2-8-17-10-12/h2,4,8,10-11,13H,3,5-7,9H2,1H3,(H,18,21). The van der Waals surface area contributed by atoms with Crippen LogP contribution in [0.25, 0.3) is 11.4 Å². The maximum atomic E-state index is 12.0. The van der Waals surface area contributed by atoms with Crippen molar-refractivity contribution >= 4 is 5.91 Å². The predicted octanol–water partition coefficient (Wildman–Crippen LogP) is 1.75. The van der Waals surface area contributed by atoms with E-state index < -0.39 is 0 Å². The molecule has 0 aliphatic carbocycles. The Morgan fingerprint density at radius 2 is 2.43 bits per heavy atom. The van der Waals surface area contributed by atoms with Crippen molar-refractivity contribution in [2.24, 2.45) is 0 Å². The van der Waals surface area contributed by atoms with E-state index in [2.05, 4.69) is 20.4 Å². The monoisotopic (exact) mass is 316 g/mol. The second kappa shape index (κ2) is 7.32. The number of amides is 1. The summed E-state index contributed by atoms with van der Waals surface area (Å²) in [4.78, 5) is 20.3. The molecule has 0 spiro atoms. The number of carbonyl (C=O) groups is 1. The Hall–Kier alpha value is -2.28. The first-order chi connectivity index (χ1) is 11.2. The van der Waals surface area contributed by atoms with Crippen LogP contribution >= 0.6 is 0 Å². The van der Waals surface area contributed by atoms with Crippen LogP contribution in [0.15, 0.2) is 29.0 Å². The molecule has 3 heterocycles. The van der Waals surface area contributed by atoms with Gasteiger partial charge in [0.25, 0.3) is 0 Å². The molecule has 1 amide bonds. The van der Waals surface area contributed by atoms with Gasteiger partial charge < -0.3 is 14.6 Å². The number of rotatable bonds is 6. The number of nitrogens with zero attached hydrogens (tertiary/aromatic N) is 3. The second-order valence-electron chi connectivity index (χ2n) is 5.66. The molecular weight excluding hydrogens is 296 g/mol. The summed E-state index contributed by atoms with van der Waals surface area (Å²) in [5.41, 5.74) is 0.791. The van der Waals surface area contributed by atoms with E-state index in [9.17, 15) is 4.79 Å². The summed E-state index contributed by atoms with van der Waals surface area (Å²) in [5.74, 6) is 0.902. The molecule has 0 aromatic carbocycles. The fourth-order valence-electron chi connectivity index (χ4n) is 2.61. The zero-order chi connectivity index (χ0) is 16.1. The lowest BCUT2D eigenvalue weighted by atomic mass is 10.1. The average Bonchev–Trinajstić information content (AvgIpc) is 3.25. The van der Waals surface area contributed by atoms with Gasteiger partial charge in [-0.15, -0.1) is 0 Å². The van der Waals surface area contributed by atoms with Gasteiger partial charge >= 0.3 is 0 Å². The molecule has 2 aromatic rings. The molecule has 2 atom stereocenters. The van der Waals surface area contributed by atoms with Crippen molar-refractivity contribution in [2.75, 3.05) is 6.61 Å². The van der Waals surface area contributed by atoms with E-state index in [1.165, 1.54) is 0 Å². The van der Waals surface area contributed by atoms with Crippen LogP contribution in [0.5, 0.6) is 0 Å². The predicted molar refractivity (Wildman–Crippen MR) is 82.4 cm³/mol. The molecule has 1 fully saturated rings. The molecule has 0 saturated carbocycles. The fourth-order valence-corrected chi connectivity index (χ4v) is 2.61. The normalized spacial score (nSPS) is 18.7. The van der Waals surface area contributed by atoms with E-state index >= 15 is 0 Å². The van der Waals surface area contributed by atoms with Gasteiger partial charge in [-0.1, -0.05) is 5.16 Å². The maximum absolute atomic E-state index is 12.0. The van der Waals surface area contributed by atoms with Crippen LogP contribution in [-0.2, 0) is 16.0 Å². The van der Waals surface area contributed by atoms with Gasteiger partial charge in [0, 0.05) is 37.4 Å². The molecule has 122 valence electrons. The third-order valence-corrected chi connectivity index (χ3v) is 3.86. The van der Waals surface area contributed by atoms with Crippen molar-refractivity contribution in [1.29, 1.82) is 0 Å². The van der Waals surface area contributed by atoms with Gasteiger partial charge in [0.05, 0.1) is 12.1 Å². The van der Waals surface area contributed by atoms with Gasteiger partial charge in [0.2, 0.25) is 17.6 Å². The molecule has 2 aromatic heterocycles. The van der Waals surface area contributed by atoms with E-state index in [1.807, 2.05) is 19.1 Å². The Bertz CT molecular complexity index is 638. The smallest absolute Gasteiger partial charge is 0.227 e. The first-order valence-electron chi connectivity index (χ1n) is 7.86. The Balaban J connectivity index is 1.48. The quantitative estimate of drug-likeness (QED) is 0.873. The molecule has 0 bridgehead atoms. The summed E-state index contributed by atoms with van der Waals surface area (Å²) >= 11 is 0. The third kappa shape index (κ3) is 4.13. The zero-order valence-corrected chi connectivity index (χ0v) is 13.1. The van der Waals surface area contributed by atoms with Crippen LogP contribution in [0.3, 0.4) is 0 Å². The molecular formula is C16H20N4O3. The molecule has 1 aliphatic heterocycles. The number of carbonyl (C=O) groups excluding carboxylic acids is 1. The summed E-state index contributed by atoms with van der Waals surface area (Å²) in [6.07, 6.45) is 6.26.